The van der Waals surface area contributed by atoms with Crippen LogP contribution in [0.4, 0.5) is 0 Å². The van der Waals surface area contributed by atoms with Crippen LogP contribution in [0.3, 0.4) is 0 Å². The summed E-state index contributed by atoms with van der Waals surface area (Å²) in [7, 11) is 0. The summed E-state index contributed by atoms with van der Waals surface area (Å²) in [6.07, 6.45) is 0.698. The second-order valence-electron chi connectivity index (χ2n) is 5.13. The predicted molar refractivity (Wildman–Crippen MR) is 85.8 cm³/mol. The smallest absolute Gasteiger partial charge is 0.391 e. The first kappa shape index (κ1) is 17.7. The van der Waals surface area contributed by atoms with Gasteiger partial charge in [-0.3, -0.25) is 0 Å². The molecule has 1 atom stereocenters. The molecule has 6 heteroatoms. The number of ether oxygens (including phenoxy) is 3. The lowest BCUT2D eigenvalue weighted by atomic mass is 10.0. The second kappa shape index (κ2) is 8.86. The van der Waals surface area contributed by atoms with Gasteiger partial charge in [0.2, 0.25) is 0 Å². The molecule has 128 valence electrons. The van der Waals surface area contributed by atoms with Gasteiger partial charge in [-0.2, -0.15) is 0 Å². The van der Waals surface area contributed by atoms with Crippen LogP contribution in [-0.2, 0) is 20.6 Å². The summed E-state index contributed by atoms with van der Waals surface area (Å²) >= 11 is 0. The number of aryl methyl sites for hydroxylation is 1. The molecule has 1 aromatic carbocycles. The van der Waals surface area contributed by atoms with E-state index in [0.29, 0.717) is 44.2 Å². The molecule has 0 bridgehead atoms. The van der Waals surface area contributed by atoms with Gasteiger partial charge in [0.15, 0.2) is 11.2 Å². The molecule has 0 N–H and O–H groups in total. The van der Waals surface area contributed by atoms with Crippen LogP contribution in [0.1, 0.15) is 38.0 Å². The Balaban J connectivity index is 1.91. The molecule has 1 heterocycles. The maximum atomic E-state index is 11.2. The average molecular weight is 324 g/mol. The van der Waals surface area contributed by atoms with Crippen LogP contribution in [-0.4, -0.2) is 33.0 Å². The fourth-order valence-electron chi connectivity index (χ4n) is 2.40. The Morgan fingerprint density at radius 1 is 1.00 bits per heavy atom. The van der Waals surface area contributed by atoms with Crippen molar-refractivity contribution >= 4 is 11.2 Å². The summed E-state index contributed by atoms with van der Waals surface area (Å²) in [6, 6.07) is 3.66. The minimum atomic E-state index is -0.685. The third-order valence-electron chi connectivity index (χ3n) is 3.58. The third kappa shape index (κ3) is 4.92. The summed E-state index contributed by atoms with van der Waals surface area (Å²) in [5, 5.41) is 0. The number of benzene rings is 1. The van der Waals surface area contributed by atoms with Crippen molar-refractivity contribution in [1.82, 2.24) is 0 Å². The van der Waals surface area contributed by atoms with Crippen molar-refractivity contribution in [3.05, 3.63) is 33.9 Å². The van der Waals surface area contributed by atoms with Crippen molar-refractivity contribution in [2.45, 2.75) is 33.3 Å². The van der Waals surface area contributed by atoms with Gasteiger partial charge in [0.1, 0.15) is 0 Å². The van der Waals surface area contributed by atoms with Crippen molar-refractivity contribution in [1.29, 1.82) is 0 Å². The molecule has 0 aliphatic rings. The minimum Gasteiger partial charge on any atom is -0.391 e. The minimum absolute atomic E-state index is 0.120. The number of hydrogen-bond donors (Lipinski definition) is 0. The van der Waals surface area contributed by atoms with E-state index in [1.54, 1.807) is 0 Å². The van der Waals surface area contributed by atoms with Crippen molar-refractivity contribution in [2.24, 2.45) is 0 Å². The number of hydrogen-bond acceptors (Lipinski definition) is 6. The van der Waals surface area contributed by atoms with Gasteiger partial charge in [-0.25, -0.2) is 4.79 Å². The first-order chi connectivity index (χ1) is 11.2. The topological polar surface area (TPSA) is 71.0 Å². The Labute approximate surface area is 135 Å². The Hall–Kier alpha value is -1.63. The van der Waals surface area contributed by atoms with Gasteiger partial charge in [-0.1, -0.05) is 6.92 Å². The summed E-state index contributed by atoms with van der Waals surface area (Å²) in [5.74, 6) is -0.685. The zero-order chi connectivity index (χ0) is 16.7. The quantitative estimate of drug-likeness (QED) is 0.626. The van der Waals surface area contributed by atoms with E-state index in [1.807, 2.05) is 32.9 Å². The maximum Gasteiger partial charge on any atom is 0.519 e. The molecule has 2 aromatic rings. The van der Waals surface area contributed by atoms with Crippen molar-refractivity contribution in [3.63, 3.8) is 0 Å². The molecule has 0 radical (unpaired) electrons. The molecule has 0 aliphatic heterocycles. The Kier molecular flexibility index (Phi) is 6.83. The molecule has 1 unspecified atom stereocenters. The van der Waals surface area contributed by atoms with Gasteiger partial charge in [0.25, 0.3) is 0 Å². The van der Waals surface area contributed by atoms with Crippen LogP contribution in [0.15, 0.2) is 25.8 Å². The first-order valence-electron chi connectivity index (χ1n) is 7.99. The van der Waals surface area contributed by atoms with Gasteiger partial charge in [0.05, 0.1) is 32.5 Å². The molecule has 23 heavy (non-hydrogen) atoms. The highest BCUT2D eigenvalue weighted by atomic mass is 16.6. The van der Waals surface area contributed by atoms with E-state index in [4.69, 9.17) is 23.0 Å². The van der Waals surface area contributed by atoms with Gasteiger partial charge < -0.3 is 23.0 Å². The lowest BCUT2D eigenvalue weighted by molar-refractivity contribution is -0.00567. The molecule has 0 saturated heterocycles. The lowest BCUT2D eigenvalue weighted by Gasteiger charge is -2.16. The van der Waals surface area contributed by atoms with Crippen molar-refractivity contribution in [2.75, 3.05) is 33.0 Å². The van der Waals surface area contributed by atoms with Crippen LogP contribution < -0.4 is 5.82 Å². The fraction of sp³-hybridized carbons (Fsp3) is 0.588. The highest BCUT2D eigenvalue weighted by Gasteiger charge is 2.15. The Bertz CT molecular complexity index is 657. The van der Waals surface area contributed by atoms with E-state index in [1.165, 1.54) is 0 Å². The SMILES string of the molecule is CCOCCOCCOC(C)c1cc2oc(=O)oc2cc1CC. The molecule has 0 saturated carbocycles. The Morgan fingerprint density at radius 3 is 2.35 bits per heavy atom. The normalized spacial score (nSPS) is 12.8. The average Bonchev–Trinajstić information content (AvgIpc) is 2.91. The highest BCUT2D eigenvalue weighted by molar-refractivity contribution is 5.72. The van der Waals surface area contributed by atoms with Gasteiger partial charge in [0, 0.05) is 6.61 Å². The van der Waals surface area contributed by atoms with E-state index >= 15 is 0 Å². The fourth-order valence-corrected chi connectivity index (χ4v) is 2.40. The molecule has 0 fully saturated rings. The zero-order valence-electron chi connectivity index (χ0n) is 13.9. The monoisotopic (exact) mass is 324 g/mol. The van der Waals surface area contributed by atoms with Crippen molar-refractivity contribution in [3.8, 4) is 0 Å². The van der Waals surface area contributed by atoms with Crippen LogP contribution in [0.5, 0.6) is 0 Å². The van der Waals surface area contributed by atoms with Crippen LogP contribution in [0.2, 0.25) is 0 Å². The summed E-state index contributed by atoms with van der Waals surface area (Å²) < 4.78 is 26.5. The molecule has 0 aliphatic carbocycles. The summed E-state index contributed by atoms with van der Waals surface area (Å²) in [6.45, 7) is 8.84. The lowest BCUT2D eigenvalue weighted by Crippen LogP contribution is -2.11. The van der Waals surface area contributed by atoms with Crippen LogP contribution in [0.25, 0.3) is 11.2 Å². The second-order valence-corrected chi connectivity index (χ2v) is 5.13. The Morgan fingerprint density at radius 2 is 1.65 bits per heavy atom. The molecule has 0 spiro atoms. The van der Waals surface area contributed by atoms with Gasteiger partial charge >= 0.3 is 5.82 Å². The molecular formula is C17H24O6. The van der Waals surface area contributed by atoms with E-state index in [2.05, 4.69) is 0 Å². The van der Waals surface area contributed by atoms with E-state index < -0.39 is 5.82 Å². The molecule has 2 rings (SSSR count). The summed E-state index contributed by atoms with van der Waals surface area (Å²) in [4.78, 5) is 11.2. The largest absolute Gasteiger partial charge is 0.519 e. The van der Waals surface area contributed by atoms with E-state index in [-0.39, 0.29) is 6.10 Å². The standard InChI is InChI=1S/C17H24O6/c1-4-13-10-15-16(23-17(18)22-15)11-14(13)12(3)21-9-8-20-7-6-19-5-2/h10-12H,4-9H2,1-3H3. The molecule has 1 aromatic heterocycles. The molecule has 6 nitrogen and oxygen atoms in total. The molecule has 0 amide bonds. The van der Waals surface area contributed by atoms with Crippen molar-refractivity contribution < 1.29 is 23.0 Å². The van der Waals surface area contributed by atoms with Gasteiger partial charge in [-0.15, -0.1) is 0 Å². The predicted octanol–water partition coefficient (Wildman–Crippen LogP) is 3.08. The van der Waals surface area contributed by atoms with E-state index in [0.717, 1.165) is 17.5 Å². The van der Waals surface area contributed by atoms with Crippen LogP contribution >= 0.6 is 0 Å². The highest BCUT2D eigenvalue weighted by Crippen LogP contribution is 2.27. The number of fused-ring (bicyclic) bond motifs is 1. The summed E-state index contributed by atoms with van der Waals surface area (Å²) in [5.41, 5.74) is 3.00. The first-order valence-corrected chi connectivity index (χ1v) is 7.99. The molecular weight excluding hydrogens is 300 g/mol. The zero-order valence-corrected chi connectivity index (χ0v) is 13.9. The number of rotatable bonds is 10. The van der Waals surface area contributed by atoms with Gasteiger partial charge in [-0.05, 0) is 43.5 Å². The third-order valence-corrected chi connectivity index (χ3v) is 3.58. The van der Waals surface area contributed by atoms with Crippen LogP contribution in [0, 0.1) is 0 Å². The maximum absolute atomic E-state index is 11.2. The van der Waals surface area contributed by atoms with E-state index in [9.17, 15) is 4.79 Å².